The largest absolute Gasteiger partial charge is 0.478 e. The van der Waals surface area contributed by atoms with Crippen LogP contribution in [-0.4, -0.2) is 46.7 Å². The number of aliphatic imine (C=N–C) groups is 1. The molecule has 7 atom stereocenters. The SMILES string of the molecule is CN=C(N)N1C=C[C@H]2C=C[C@@H]3[C@@H](O)C(C(=O)O)=C4C[C@H]5CC[C@@H](C)[C@]43[C@@]25C1. The lowest BCUT2D eigenvalue weighted by Crippen LogP contribution is -2.64. The molecule has 0 radical (unpaired) electrons. The average Bonchev–Trinajstić information content (AvgIpc) is 3.02. The first kappa shape index (κ1) is 17.0. The molecule has 2 spiro atoms. The van der Waals surface area contributed by atoms with Crippen LogP contribution in [-0.2, 0) is 4.79 Å². The van der Waals surface area contributed by atoms with Gasteiger partial charge in [0.2, 0.25) is 0 Å². The number of nitrogens with zero attached hydrogens (tertiary/aromatic N) is 2. The van der Waals surface area contributed by atoms with Crippen molar-refractivity contribution >= 4 is 11.9 Å². The molecule has 1 heterocycles. The normalized spacial score (nSPS) is 47.3. The number of guanidine groups is 1. The second kappa shape index (κ2) is 5.25. The Morgan fingerprint density at radius 3 is 2.81 bits per heavy atom. The summed E-state index contributed by atoms with van der Waals surface area (Å²) in [4.78, 5) is 18.3. The summed E-state index contributed by atoms with van der Waals surface area (Å²) in [6, 6.07) is 0. The minimum Gasteiger partial charge on any atom is -0.478 e. The van der Waals surface area contributed by atoms with E-state index in [1.54, 1.807) is 7.05 Å². The quantitative estimate of drug-likeness (QED) is 0.371. The number of carboxylic acids is 1. The second-order valence-electron chi connectivity index (χ2n) is 8.92. The maximum Gasteiger partial charge on any atom is 0.334 e. The molecule has 0 aromatic heterocycles. The minimum atomic E-state index is -0.959. The lowest BCUT2D eigenvalue weighted by Gasteiger charge is -2.63. The van der Waals surface area contributed by atoms with E-state index in [4.69, 9.17) is 5.73 Å². The summed E-state index contributed by atoms with van der Waals surface area (Å²) in [5, 5.41) is 21.0. The van der Waals surface area contributed by atoms with Gasteiger partial charge in [-0.1, -0.05) is 25.2 Å². The number of carbonyl (C=O) groups is 1. The van der Waals surface area contributed by atoms with Gasteiger partial charge in [-0.25, -0.2) is 4.79 Å². The second-order valence-corrected chi connectivity index (χ2v) is 8.92. The molecule has 0 aromatic carbocycles. The molecule has 1 aliphatic heterocycles. The fraction of sp³-hybridized carbons (Fsp3) is 0.619. The molecular formula is C21H27N3O3. The fourth-order valence-corrected chi connectivity index (χ4v) is 7.68. The van der Waals surface area contributed by atoms with Gasteiger partial charge >= 0.3 is 5.97 Å². The van der Waals surface area contributed by atoms with E-state index >= 15 is 0 Å². The number of rotatable bonds is 1. The van der Waals surface area contributed by atoms with E-state index in [0.29, 0.717) is 17.8 Å². The molecule has 5 aliphatic rings. The molecule has 6 nitrogen and oxygen atoms in total. The third kappa shape index (κ3) is 1.67. The first-order chi connectivity index (χ1) is 12.9. The van der Waals surface area contributed by atoms with Crippen LogP contribution in [0.2, 0.25) is 0 Å². The molecule has 4 N–H and O–H groups in total. The first-order valence-corrected chi connectivity index (χ1v) is 9.90. The molecule has 0 saturated heterocycles. The van der Waals surface area contributed by atoms with Crippen molar-refractivity contribution in [2.45, 2.75) is 32.3 Å². The van der Waals surface area contributed by atoms with Gasteiger partial charge in [0.15, 0.2) is 5.96 Å². The molecule has 4 aliphatic carbocycles. The highest BCUT2D eigenvalue weighted by atomic mass is 16.4. The van der Waals surface area contributed by atoms with E-state index in [0.717, 1.165) is 31.4 Å². The Bertz CT molecular complexity index is 844. The number of hydrogen-bond acceptors (Lipinski definition) is 3. The predicted octanol–water partition coefficient (Wildman–Crippen LogP) is 1.74. The Morgan fingerprint density at radius 2 is 2.11 bits per heavy atom. The van der Waals surface area contributed by atoms with Crippen molar-refractivity contribution in [1.29, 1.82) is 0 Å². The topological polar surface area (TPSA) is 99.1 Å². The van der Waals surface area contributed by atoms with Gasteiger partial charge in [0.1, 0.15) is 0 Å². The standard InChI is InChI=1S/C21H27N3O3/c1-11-3-4-13-9-15-16(18(26)27)17(25)14-6-5-12-7-8-24(19(22)23-2)10-20(12,13)21(11,14)15/h5-8,11-14,17,25H,3-4,9-10H2,1-2H3,(H2,22,23)(H,26,27)/t11-,12-,13-,14-,17-,20+,21-/m1/s1. The van der Waals surface area contributed by atoms with Crippen LogP contribution in [0.25, 0.3) is 0 Å². The van der Waals surface area contributed by atoms with Crippen LogP contribution in [0, 0.1) is 34.5 Å². The molecule has 0 amide bonds. The van der Waals surface area contributed by atoms with E-state index < -0.39 is 12.1 Å². The monoisotopic (exact) mass is 369 g/mol. The van der Waals surface area contributed by atoms with Gasteiger partial charge in [-0.2, -0.15) is 0 Å². The number of allylic oxidation sites excluding steroid dienone is 3. The number of aliphatic carboxylic acids is 1. The Balaban J connectivity index is 1.79. The van der Waals surface area contributed by atoms with Crippen LogP contribution in [0.3, 0.4) is 0 Å². The van der Waals surface area contributed by atoms with Crippen molar-refractivity contribution in [1.82, 2.24) is 4.90 Å². The van der Waals surface area contributed by atoms with E-state index in [1.807, 2.05) is 11.1 Å². The Labute approximate surface area is 159 Å². The van der Waals surface area contributed by atoms with Crippen LogP contribution >= 0.6 is 0 Å². The minimum absolute atomic E-state index is 0.137. The van der Waals surface area contributed by atoms with Crippen LogP contribution in [0.5, 0.6) is 0 Å². The zero-order chi connectivity index (χ0) is 19.1. The van der Waals surface area contributed by atoms with Crippen LogP contribution in [0.15, 0.2) is 40.6 Å². The smallest absolute Gasteiger partial charge is 0.334 e. The molecule has 2 fully saturated rings. The summed E-state index contributed by atoms with van der Waals surface area (Å²) < 4.78 is 0. The van der Waals surface area contributed by atoms with Crippen molar-refractivity contribution in [3.05, 3.63) is 35.6 Å². The van der Waals surface area contributed by atoms with Crippen molar-refractivity contribution in [3.8, 4) is 0 Å². The summed E-state index contributed by atoms with van der Waals surface area (Å²) in [6.07, 6.45) is 10.6. The summed E-state index contributed by atoms with van der Waals surface area (Å²) >= 11 is 0. The lowest BCUT2D eigenvalue weighted by atomic mass is 9.42. The number of aliphatic hydroxyl groups is 1. The molecule has 0 unspecified atom stereocenters. The third-order valence-corrected chi connectivity index (χ3v) is 8.44. The van der Waals surface area contributed by atoms with E-state index in [-0.39, 0.29) is 28.2 Å². The molecular weight excluding hydrogens is 342 g/mol. The van der Waals surface area contributed by atoms with Gasteiger partial charge in [0, 0.05) is 42.5 Å². The molecule has 6 heteroatoms. The highest BCUT2D eigenvalue weighted by Gasteiger charge is 2.76. The maximum absolute atomic E-state index is 12.1. The highest BCUT2D eigenvalue weighted by Crippen LogP contribution is 2.79. The van der Waals surface area contributed by atoms with Crippen molar-refractivity contribution < 1.29 is 15.0 Å². The van der Waals surface area contributed by atoms with Crippen LogP contribution in [0.1, 0.15) is 26.2 Å². The third-order valence-electron chi connectivity index (χ3n) is 8.44. The van der Waals surface area contributed by atoms with Gasteiger partial charge in [-0.3, -0.25) is 4.99 Å². The number of aliphatic hydroxyl groups excluding tert-OH is 1. The molecule has 27 heavy (non-hydrogen) atoms. The van der Waals surface area contributed by atoms with E-state index in [1.165, 1.54) is 0 Å². The Morgan fingerprint density at radius 1 is 1.33 bits per heavy atom. The van der Waals surface area contributed by atoms with E-state index in [9.17, 15) is 15.0 Å². The highest BCUT2D eigenvalue weighted by molar-refractivity contribution is 5.91. The summed E-state index contributed by atoms with van der Waals surface area (Å²) in [7, 11) is 1.69. The number of hydrogen-bond donors (Lipinski definition) is 3. The van der Waals surface area contributed by atoms with Crippen molar-refractivity contribution in [2.24, 2.45) is 45.2 Å². The number of carboxylic acid groups (broad SMARTS) is 1. The lowest BCUT2D eigenvalue weighted by molar-refractivity contribution is -0.134. The number of nitrogens with two attached hydrogens (primary N) is 1. The fourth-order valence-electron chi connectivity index (χ4n) is 7.68. The zero-order valence-electron chi connectivity index (χ0n) is 15.8. The average molecular weight is 369 g/mol. The first-order valence-electron chi connectivity index (χ1n) is 9.90. The Kier molecular flexibility index (Phi) is 3.32. The van der Waals surface area contributed by atoms with Gasteiger partial charge in [0.05, 0.1) is 11.7 Å². The van der Waals surface area contributed by atoms with Gasteiger partial charge in [-0.05, 0) is 36.7 Å². The molecule has 2 saturated carbocycles. The van der Waals surface area contributed by atoms with Crippen LogP contribution < -0.4 is 5.73 Å². The van der Waals surface area contributed by atoms with Crippen molar-refractivity contribution in [2.75, 3.05) is 13.6 Å². The van der Waals surface area contributed by atoms with Crippen molar-refractivity contribution in [3.63, 3.8) is 0 Å². The molecule has 144 valence electrons. The Hall–Kier alpha value is -2.08. The summed E-state index contributed by atoms with van der Waals surface area (Å²) in [5.74, 6) is 0.327. The van der Waals surface area contributed by atoms with Crippen LogP contribution in [0.4, 0.5) is 0 Å². The summed E-state index contributed by atoms with van der Waals surface area (Å²) in [5.41, 5.74) is 7.00. The molecule has 5 rings (SSSR count). The maximum atomic E-state index is 12.1. The summed E-state index contributed by atoms with van der Waals surface area (Å²) in [6.45, 7) is 2.99. The molecule has 0 aromatic rings. The van der Waals surface area contributed by atoms with E-state index in [2.05, 4.69) is 30.1 Å². The molecule has 2 bridgehead atoms. The van der Waals surface area contributed by atoms with Gasteiger partial charge in [-0.15, -0.1) is 0 Å². The zero-order valence-corrected chi connectivity index (χ0v) is 15.8. The van der Waals surface area contributed by atoms with Gasteiger partial charge in [0.25, 0.3) is 0 Å². The van der Waals surface area contributed by atoms with Gasteiger partial charge < -0.3 is 20.8 Å². The predicted molar refractivity (Wildman–Crippen MR) is 102 cm³/mol.